The summed E-state index contributed by atoms with van der Waals surface area (Å²) in [4.78, 5) is 19.0. The maximum Gasteiger partial charge on any atom is 0.273 e. The number of carbonyl (C=O) groups is 1. The summed E-state index contributed by atoms with van der Waals surface area (Å²) in [6.45, 7) is 5.04. The number of rotatable bonds is 6. The van der Waals surface area contributed by atoms with Gasteiger partial charge in [-0.1, -0.05) is 25.1 Å². The van der Waals surface area contributed by atoms with Crippen LogP contribution in [0.25, 0.3) is 11.0 Å². The minimum absolute atomic E-state index is 0.0826. The average Bonchev–Trinajstić information content (AvgIpc) is 3.24. The van der Waals surface area contributed by atoms with Gasteiger partial charge in [0.15, 0.2) is 0 Å². The smallest absolute Gasteiger partial charge is 0.273 e. The van der Waals surface area contributed by atoms with Gasteiger partial charge in [0.1, 0.15) is 22.0 Å². The van der Waals surface area contributed by atoms with Crippen LogP contribution in [0.4, 0.5) is 0 Å². The van der Waals surface area contributed by atoms with E-state index in [1.807, 2.05) is 42.2 Å². The third kappa shape index (κ3) is 3.20. The molecule has 0 aliphatic heterocycles. The van der Waals surface area contributed by atoms with E-state index in [9.17, 15) is 4.79 Å². The van der Waals surface area contributed by atoms with E-state index in [4.69, 9.17) is 10.2 Å². The predicted molar refractivity (Wildman–Crippen MR) is 96.0 cm³/mol. The van der Waals surface area contributed by atoms with Crippen molar-refractivity contribution in [2.45, 2.75) is 32.9 Å². The van der Waals surface area contributed by atoms with Crippen molar-refractivity contribution >= 4 is 28.2 Å². The maximum absolute atomic E-state index is 12.9. The molecule has 126 valence electrons. The molecule has 6 heteroatoms. The van der Waals surface area contributed by atoms with Crippen molar-refractivity contribution in [2.75, 3.05) is 6.54 Å². The maximum atomic E-state index is 12.9. The molecule has 2 heterocycles. The lowest BCUT2D eigenvalue weighted by molar-refractivity contribution is 0.0667. The van der Waals surface area contributed by atoms with E-state index in [0.717, 1.165) is 28.2 Å². The van der Waals surface area contributed by atoms with Crippen LogP contribution in [0.2, 0.25) is 0 Å². The van der Waals surface area contributed by atoms with Gasteiger partial charge in [0.25, 0.3) is 5.91 Å². The van der Waals surface area contributed by atoms with Crippen LogP contribution in [0.1, 0.15) is 47.6 Å². The SMILES string of the molecule is CCCN(C(=O)c1csc(CN)n1)C(C)c1cc2ccccc2o1. The molecule has 2 N–H and O–H groups in total. The third-order valence-electron chi connectivity index (χ3n) is 3.99. The number of nitrogens with two attached hydrogens (primary N) is 1. The minimum Gasteiger partial charge on any atom is -0.459 e. The van der Waals surface area contributed by atoms with Crippen LogP contribution in [-0.2, 0) is 6.54 Å². The number of amides is 1. The fourth-order valence-corrected chi connectivity index (χ4v) is 3.37. The number of benzene rings is 1. The van der Waals surface area contributed by atoms with Crippen molar-refractivity contribution in [2.24, 2.45) is 5.73 Å². The number of hydrogen-bond acceptors (Lipinski definition) is 5. The van der Waals surface area contributed by atoms with Gasteiger partial charge in [-0.2, -0.15) is 0 Å². The zero-order valence-electron chi connectivity index (χ0n) is 13.9. The molecule has 0 spiro atoms. The second-order valence-corrected chi connectivity index (χ2v) is 6.63. The number of furan rings is 1. The van der Waals surface area contributed by atoms with E-state index in [1.165, 1.54) is 11.3 Å². The third-order valence-corrected chi connectivity index (χ3v) is 4.87. The predicted octanol–water partition coefficient (Wildman–Crippen LogP) is 3.96. The van der Waals surface area contributed by atoms with Crippen molar-refractivity contribution in [1.82, 2.24) is 9.88 Å². The Kier molecular flexibility index (Phi) is 4.97. The summed E-state index contributed by atoms with van der Waals surface area (Å²) in [6.07, 6.45) is 0.865. The number of carbonyl (C=O) groups excluding carboxylic acids is 1. The van der Waals surface area contributed by atoms with Gasteiger partial charge in [-0.15, -0.1) is 11.3 Å². The van der Waals surface area contributed by atoms with Gasteiger partial charge in [0.2, 0.25) is 0 Å². The molecule has 3 rings (SSSR count). The van der Waals surface area contributed by atoms with Crippen LogP contribution in [0.3, 0.4) is 0 Å². The van der Waals surface area contributed by atoms with E-state index < -0.39 is 0 Å². The Morgan fingerprint density at radius 2 is 2.21 bits per heavy atom. The standard InChI is InChI=1S/C18H21N3O2S/c1-3-8-21(18(22)14-11-24-17(10-19)20-14)12(2)16-9-13-6-4-5-7-15(13)23-16/h4-7,9,11-12H,3,8,10,19H2,1-2H3. The first-order valence-corrected chi connectivity index (χ1v) is 8.96. The number of nitrogens with zero attached hydrogens (tertiary/aromatic N) is 2. The molecule has 0 aliphatic rings. The van der Waals surface area contributed by atoms with Crippen LogP contribution in [0.5, 0.6) is 0 Å². The van der Waals surface area contributed by atoms with Gasteiger partial charge in [-0.25, -0.2) is 4.98 Å². The van der Waals surface area contributed by atoms with Crippen LogP contribution >= 0.6 is 11.3 Å². The molecule has 5 nitrogen and oxygen atoms in total. The molecule has 0 bridgehead atoms. The lowest BCUT2D eigenvalue weighted by Crippen LogP contribution is -2.34. The monoisotopic (exact) mass is 343 g/mol. The number of fused-ring (bicyclic) bond motifs is 1. The number of aromatic nitrogens is 1. The van der Waals surface area contributed by atoms with E-state index >= 15 is 0 Å². The molecule has 0 saturated heterocycles. The summed E-state index contributed by atoms with van der Waals surface area (Å²) in [6, 6.07) is 9.71. The molecule has 1 atom stereocenters. The Hall–Kier alpha value is -2.18. The second-order valence-electron chi connectivity index (χ2n) is 5.69. The highest BCUT2D eigenvalue weighted by molar-refractivity contribution is 7.09. The topological polar surface area (TPSA) is 72.4 Å². The van der Waals surface area contributed by atoms with Crippen LogP contribution < -0.4 is 5.73 Å². The lowest BCUT2D eigenvalue weighted by Gasteiger charge is -2.27. The van der Waals surface area contributed by atoms with Crippen molar-refractivity contribution in [3.8, 4) is 0 Å². The van der Waals surface area contributed by atoms with E-state index in [0.29, 0.717) is 18.8 Å². The highest BCUT2D eigenvalue weighted by Crippen LogP contribution is 2.28. The number of para-hydroxylation sites is 1. The summed E-state index contributed by atoms with van der Waals surface area (Å²) in [5.41, 5.74) is 6.89. The van der Waals surface area contributed by atoms with E-state index in [-0.39, 0.29) is 11.9 Å². The number of thiazole rings is 1. The molecule has 1 unspecified atom stereocenters. The molecular formula is C18H21N3O2S. The molecule has 0 saturated carbocycles. The highest BCUT2D eigenvalue weighted by Gasteiger charge is 2.26. The molecular weight excluding hydrogens is 322 g/mol. The molecule has 0 aliphatic carbocycles. The molecule has 0 radical (unpaired) electrons. The van der Waals surface area contributed by atoms with Crippen molar-refractivity contribution in [3.63, 3.8) is 0 Å². The molecule has 1 aromatic carbocycles. The summed E-state index contributed by atoms with van der Waals surface area (Å²) >= 11 is 1.42. The van der Waals surface area contributed by atoms with Gasteiger partial charge >= 0.3 is 0 Å². The zero-order chi connectivity index (χ0) is 17.1. The van der Waals surface area contributed by atoms with Crippen LogP contribution in [0.15, 0.2) is 40.1 Å². The average molecular weight is 343 g/mol. The van der Waals surface area contributed by atoms with Crippen molar-refractivity contribution in [1.29, 1.82) is 0 Å². The Bertz CT molecular complexity index is 807. The minimum atomic E-state index is -0.159. The Labute approximate surface area is 145 Å². The summed E-state index contributed by atoms with van der Waals surface area (Å²) < 4.78 is 5.94. The molecule has 2 aromatic heterocycles. The number of hydrogen-bond donors (Lipinski definition) is 1. The zero-order valence-corrected chi connectivity index (χ0v) is 14.7. The van der Waals surface area contributed by atoms with Gasteiger partial charge in [-0.05, 0) is 25.5 Å². The molecule has 3 aromatic rings. The van der Waals surface area contributed by atoms with Crippen molar-refractivity contribution in [3.05, 3.63) is 52.2 Å². The van der Waals surface area contributed by atoms with E-state index in [2.05, 4.69) is 11.9 Å². The Morgan fingerprint density at radius 1 is 1.42 bits per heavy atom. The first-order valence-electron chi connectivity index (χ1n) is 8.08. The first kappa shape index (κ1) is 16.7. The van der Waals surface area contributed by atoms with Crippen LogP contribution in [0, 0.1) is 0 Å². The lowest BCUT2D eigenvalue weighted by atomic mass is 10.1. The Morgan fingerprint density at radius 3 is 2.88 bits per heavy atom. The van der Waals surface area contributed by atoms with Crippen molar-refractivity contribution < 1.29 is 9.21 Å². The summed E-state index contributed by atoms with van der Waals surface area (Å²) in [5, 5.41) is 3.59. The molecule has 0 fully saturated rings. The van der Waals surface area contributed by atoms with Crippen LogP contribution in [-0.4, -0.2) is 22.3 Å². The second kappa shape index (κ2) is 7.15. The fraction of sp³-hybridized carbons (Fsp3) is 0.333. The van der Waals surface area contributed by atoms with Gasteiger partial charge in [-0.3, -0.25) is 4.79 Å². The van der Waals surface area contributed by atoms with Gasteiger partial charge < -0.3 is 15.1 Å². The molecule has 1 amide bonds. The van der Waals surface area contributed by atoms with Gasteiger partial charge in [0, 0.05) is 23.9 Å². The first-order chi connectivity index (χ1) is 11.6. The molecule has 24 heavy (non-hydrogen) atoms. The fourth-order valence-electron chi connectivity index (χ4n) is 2.72. The quantitative estimate of drug-likeness (QED) is 0.735. The van der Waals surface area contributed by atoms with Gasteiger partial charge in [0.05, 0.1) is 6.04 Å². The highest BCUT2D eigenvalue weighted by atomic mass is 32.1. The largest absolute Gasteiger partial charge is 0.459 e. The van der Waals surface area contributed by atoms with E-state index in [1.54, 1.807) is 5.38 Å². The normalized spacial score (nSPS) is 12.5. The summed E-state index contributed by atoms with van der Waals surface area (Å²) in [5.74, 6) is 0.702. The summed E-state index contributed by atoms with van der Waals surface area (Å²) in [7, 11) is 0. The Balaban J connectivity index is 1.89.